The van der Waals surface area contributed by atoms with Crippen LogP contribution in [0.4, 0.5) is 8.78 Å². The van der Waals surface area contributed by atoms with Crippen molar-refractivity contribution in [1.29, 1.82) is 0 Å². The smallest absolute Gasteiger partial charge is 0.0996 e. The Balaban J connectivity index is -0.000000106. The highest BCUT2D eigenvalue weighted by atomic mass is 19.1. The average molecular weight is 337 g/mol. The van der Waals surface area contributed by atoms with Crippen molar-refractivity contribution >= 4 is 0 Å². The number of allylic oxidation sites excluding steroid dienone is 1. The van der Waals surface area contributed by atoms with Crippen LogP contribution >= 0.6 is 0 Å². The molecule has 0 amide bonds. The first-order chi connectivity index (χ1) is 10.3. The van der Waals surface area contributed by atoms with Gasteiger partial charge >= 0.3 is 0 Å². The molecule has 0 fully saturated rings. The third kappa shape index (κ3) is 61.7. The van der Waals surface area contributed by atoms with E-state index in [0.717, 1.165) is 5.92 Å². The molecule has 0 rings (SSSR count). The molecule has 0 aromatic carbocycles. The fourth-order valence-corrected chi connectivity index (χ4v) is 0.650. The van der Waals surface area contributed by atoms with E-state index in [1.54, 1.807) is 13.8 Å². The van der Waals surface area contributed by atoms with E-state index in [9.17, 15) is 8.78 Å². The summed E-state index contributed by atoms with van der Waals surface area (Å²) in [5, 5.41) is 0. The second-order valence-corrected chi connectivity index (χ2v) is 7.61. The zero-order valence-electron chi connectivity index (χ0n) is 17.9. The van der Waals surface area contributed by atoms with Crippen molar-refractivity contribution in [3.63, 3.8) is 0 Å². The van der Waals surface area contributed by atoms with Crippen molar-refractivity contribution in [2.75, 3.05) is 0 Å². The van der Waals surface area contributed by atoms with Gasteiger partial charge in [-0.15, -0.1) is 6.58 Å². The average Bonchev–Trinajstić information content (AvgIpc) is 2.38. The summed E-state index contributed by atoms with van der Waals surface area (Å²) in [4.78, 5) is 0. The third-order valence-corrected chi connectivity index (χ3v) is 3.00. The molecule has 0 aromatic rings. The molecule has 0 spiro atoms. The first-order valence-corrected chi connectivity index (χ1v) is 9.22. The fourth-order valence-electron chi connectivity index (χ4n) is 0.650. The summed E-state index contributed by atoms with van der Waals surface area (Å²) in [5.41, 5.74) is 0. The van der Waals surface area contributed by atoms with E-state index in [1.807, 2.05) is 33.8 Å². The van der Waals surface area contributed by atoms with Gasteiger partial charge in [-0.25, -0.2) is 8.78 Å². The molecule has 2 unspecified atom stereocenters. The highest BCUT2D eigenvalue weighted by Crippen LogP contribution is 2.05. The van der Waals surface area contributed by atoms with Crippen LogP contribution in [0, 0.1) is 23.7 Å². The highest BCUT2D eigenvalue weighted by Gasteiger charge is 2.00. The van der Waals surface area contributed by atoms with Gasteiger partial charge in [-0.1, -0.05) is 74.8 Å². The zero-order chi connectivity index (χ0) is 19.6. The van der Waals surface area contributed by atoms with E-state index in [0.29, 0.717) is 18.3 Å². The molecule has 144 valence electrons. The lowest BCUT2D eigenvalue weighted by Crippen LogP contribution is -2.01. The molecule has 0 aliphatic carbocycles. The van der Waals surface area contributed by atoms with Crippen LogP contribution in [0.15, 0.2) is 12.7 Å². The first-order valence-electron chi connectivity index (χ1n) is 9.22. The van der Waals surface area contributed by atoms with Gasteiger partial charge in [0.25, 0.3) is 0 Å². The lowest BCUT2D eigenvalue weighted by Gasteiger charge is -2.02. The predicted molar refractivity (Wildman–Crippen MR) is 106 cm³/mol. The van der Waals surface area contributed by atoms with E-state index in [1.165, 1.54) is 6.42 Å². The SMILES string of the molecule is C=CC(C)C.CC(C)C(C)F.CC(C)CC(C)F.CCC(C)C. The van der Waals surface area contributed by atoms with Crippen molar-refractivity contribution < 1.29 is 8.78 Å². The molecule has 0 saturated heterocycles. The van der Waals surface area contributed by atoms with Crippen LogP contribution in [0.3, 0.4) is 0 Å². The van der Waals surface area contributed by atoms with E-state index < -0.39 is 12.3 Å². The molecule has 0 nitrogen and oxygen atoms in total. The van der Waals surface area contributed by atoms with Crippen molar-refractivity contribution in [3.8, 4) is 0 Å². The maximum absolute atomic E-state index is 12.0. The fraction of sp³-hybridized carbons (Fsp3) is 0.905. The molecule has 0 radical (unpaired) electrons. The Bertz CT molecular complexity index is 192. The molecule has 0 saturated carbocycles. The number of rotatable bonds is 5. The summed E-state index contributed by atoms with van der Waals surface area (Å²) in [6, 6.07) is 0. The van der Waals surface area contributed by atoms with Gasteiger partial charge in [-0.2, -0.15) is 0 Å². The molecule has 0 aliphatic rings. The molecule has 2 atom stereocenters. The minimum Gasteiger partial charge on any atom is -0.248 e. The number of hydrogen-bond acceptors (Lipinski definition) is 0. The second kappa shape index (κ2) is 21.6. The van der Waals surface area contributed by atoms with Crippen molar-refractivity contribution in [1.82, 2.24) is 0 Å². The quantitative estimate of drug-likeness (QED) is 0.443. The Hall–Kier alpha value is -0.400. The number of hydrogen-bond donors (Lipinski definition) is 0. The Morgan fingerprint density at radius 1 is 0.783 bits per heavy atom. The van der Waals surface area contributed by atoms with Crippen molar-refractivity contribution in [2.45, 2.75) is 101 Å². The molecule has 0 aromatic heterocycles. The topological polar surface area (TPSA) is 0 Å². The Labute approximate surface area is 147 Å². The van der Waals surface area contributed by atoms with Gasteiger partial charge in [-0.05, 0) is 43.9 Å². The van der Waals surface area contributed by atoms with Crippen LogP contribution in [0.2, 0.25) is 0 Å². The summed E-state index contributed by atoms with van der Waals surface area (Å²) in [6.45, 7) is 25.4. The van der Waals surface area contributed by atoms with Gasteiger partial charge in [0.1, 0.15) is 0 Å². The van der Waals surface area contributed by atoms with Gasteiger partial charge in [0.2, 0.25) is 0 Å². The van der Waals surface area contributed by atoms with Crippen molar-refractivity contribution in [3.05, 3.63) is 12.7 Å². The van der Waals surface area contributed by atoms with Crippen molar-refractivity contribution in [2.24, 2.45) is 23.7 Å². The van der Waals surface area contributed by atoms with Gasteiger partial charge in [0.05, 0.1) is 12.3 Å². The summed E-state index contributed by atoms with van der Waals surface area (Å²) in [5.74, 6) is 2.22. The molecular formula is C21H46F2. The lowest BCUT2D eigenvalue weighted by molar-refractivity contribution is 0.280. The van der Waals surface area contributed by atoms with Gasteiger partial charge in [0.15, 0.2) is 0 Å². The third-order valence-electron chi connectivity index (χ3n) is 3.00. The van der Waals surface area contributed by atoms with Crippen LogP contribution < -0.4 is 0 Å². The molecule has 0 heterocycles. The van der Waals surface area contributed by atoms with E-state index in [2.05, 4.69) is 41.2 Å². The van der Waals surface area contributed by atoms with Crippen LogP contribution in [0.5, 0.6) is 0 Å². The summed E-state index contributed by atoms with van der Waals surface area (Å²) < 4.78 is 23.8. The summed E-state index contributed by atoms with van der Waals surface area (Å²) in [7, 11) is 0. The monoisotopic (exact) mass is 336 g/mol. The van der Waals surface area contributed by atoms with E-state index in [4.69, 9.17) is 0 Å². The maximum Gasteiger partial charge on any atom is 0.0996 e. The minimum atomic E-state index is -0.648. The zero-order valence-corrected chi connectivity index (χ0v) is 17.9. The van der Waals surface area contributed by atoms with Gasteiger partial charge in [-0.3, -0.25) is 0 Å². The Kier molecular flexibility index (Phi) is 28.6. The second-order valence-electron chi connectivity index (χ2n) is 7.61. The number of alkyl halides is 2. The molecule has 23 heavy (non-hydrogen) atoms. The minimum absolute atomic E-state index is 0.185. The predicted octanol–water partition coefficient (Wildman–Crippen LogP) is 8.27. The molecular weight excluding hydrogens is 290 g/mol. The van der Waals surface area contributed by atoms with E-state index >= 15 is 0 Å². The molecule has 2 heteroatoms. The first kappa shape index (κ1) is 30.5. The standard InChI is InChI=1S/C6H13F.C5H11F.C5H12.C5H10/c1-5(2)4-6(3)7;1-4(2)5(3)6;2*1-4-5(2)3/h5-6H,4H2,1-3H3;4-5H,1-3H3;5H,4H2,1-3H3;4-5H,1H2,2-3H3. The molecule has 0 aliphatic heterocycles. The Morgan fingerprint density at radius 2 is 1.04 bits per heavy atom. The van der Waals surface area contributed by atoms with Crippen LogP contribution in [0.25, 0.3) is 0 Å². The van der Waals surface area contributed by atoms with E-state index in [-0.39, 0.29) is 5.92 Å². The number of halogens is 2. The molecule has 0 N–H and O–H groups in total. The Morgan fingerprint density at radius 3 is 1.04 bits per heavy atom. The van der Waals surface area contributed by atoms with Gasteiger partial charge < -0.3 is 0 Å². The maximum atomic E-state index is 12.0. The lowest BCUT2D eigenvalue weighted by atomic mass is 10.1. The van der Waals surface area contributed by atoms with Crippen LogP contribution in [-0.4, -0.2) is 12.3 Å². The highest BCUT2D eigenvalue weighted by molar-refractivity contribution is 4.69. The molecule has 0 bridgehead atoms. The largest absolute Gasteiger partial charge is 0.248 e. The van der Waals surface area contributed by atoms with Crippen LogP contribution in [0.1, 0.15) is 89.0 Å². The normalized spacial score (nSPS) is 12.6. The van der Waals surface area contributed by atoms with Crippen LogP contribution in [-0.2, 0) is 0 Å². The summed E-state index contributed by atoms with van der Waals surface area (Å²) >= 11 is 0. The van der Waals surface area contributed by atoms with Gasteiger partial charge in [0, 0.05) is 0 Å². The summed E-state index contributed by atoms with van der Waals surface area (Å²) in [6.07, 6.45) is 2.64.